The van der Waals surface area contributed by atoms with Crippen LogP contribution in [0.2, 0.25) is 0 Å². The molecule has 1 fully saturated rings. The number of anilines is 1. The molecule has 1 heterocycles. The van der Waals surface area contributed by atoms with Crippen LogP contribution < -0.4 is 4.90 Å². The second kappa shape index (κ2) is 4.17. The number of β-lactam (4-membered cyclic amide) rings is 1. The highest BCUT2D eigenvalue weighted by Gasteiger charge is 2.39. The third kappa shape index (κ3) is 2.00. The summed E-state index contributed by atoms with van der Waals surface area (Å²) in [7, 11) is 0. The van der Waals surface area contributed by atoms with E-state index in [0.717, 1.165) is 11.3 Å². The monoisotopic (exact) mass is 229 g/mol. The number of rotatable bonds is 2. The molecule has 1 aliphatic heterocycles. The van der Waals surface area contributed by atoms with Gasteiger partial charge in [-0.1, -0.05) is 12.1 Å². The number of ketones is 1. The van der Waals surface area contributed by atoms with Gasteiger partial charge in [0.15, 0.2) is 5.78 Å². The van der Waals surface area contributed by atoms with E-state index in [0.29, 0.717) is 5.57 Å². The number of nitrogens with zero attached hydrogens (tertiary/aromatic N) is 1. The highest BCUT2D eigenvalue weighted by Crippen LogP contribution is 2.32. The molecule has 3 heteroatoms. The molecule has 0 saturated carbocycles. The second-order valence-electron chi connectivity index (χ2n) is 4.40. The number of aryl methyl sites for hydroxylation is 1. The highest BCUT2D eigenvalue weighted by molar-refractivity contribution is 6.17. The minimum Gasteiger partial charge on any atom is -0.301 e. The maximum atomic E-state index is 11.9. The van der Waals surface area contributed by atoms with E-state index in [9.17, 15) is 9.59 Å². The van der Waals surface area contributed by atoms with Crippen LogP contribution in [0.4, 0.5) is 5.69 Å². The summed E-state index contributed by atoms with van der Waals surface area (Å²) in [5, 5.41) is 0. The smallest absolute Gasteiger partial charge is 0.256 e. The van der Waals surface area contributed by atoms with E-state index in [2.05, 4.69) is 0 Å². The lowest BCUT2D eigenvalue weighted by atomic mass is 9.93. The molecule has 2 rings (SSSR count). The Kier molecular flexibility index (Phi) is 2.84. The van der Waals surface area contributed by atoms with Crippen molar-refractivity contribution in [3.63, 3.8) is 0 Å². The number of carbonyl (C=O) groups excluding carboxylic acids is 2. The van der Waals surface area contributed by atoms with Crippen molar-refractivity contribution in [1.82, 2.24) is 0 Å². The molecule has 1 atom stereocenters. The van der Waals surface area contributed by atoms with Gasteiger partial charge in [-0.3, -0.25) is 9.59 Å². The Morgan fingerprint density at radius 2 is 2.12 bits per heavy atom. The number of carbonyl (C=O) groups is 2. The zero-order chi connectivity index (χ0) is 12.6. The zero-order valence-corrected chi connectivity index (χ0v) is 10.2. The first-order valence-electron chi connectivity index (χ1n) is 5.63. The van der Waals surface area contributed by atoms with Crippen molar-refractivity contribution in [3.05, 3.63) is 41.5 Å². The molecule has 1 aromatic carbocycles. The fraction of sp³-hybridized carbons (Fsp3) is 0.286. The minimum atomic E-state index is -0.0795. The predicted octanol–water partition coefficient (Wildman–Crippen LogP) is 2.25. The third-order valence-corrected chi connectivity index (χ3v) is 2.94. The number of benzene rings is 1. The largest absolute Gasteiger partial charge is 0.301 e. The quantitative estimate of drug-likeness (QED) is 0.576. The van der Waals surface area contributed by atoms with Gasteiger partial charge in [0, 0.05) is 11.3 Å². The van der Waals surface area contributed by atoms with Crippen molar-refractivity contribution in [3.8, 4) is 0 Å². The molecule has 1 aliphatic rings. The Bertz CT molecular complexity index is 517. The zero-order valence-electron chi connectivity index (χ0n) is 10.2. The lowest BCUT2D eigenvalue weighted by Crippen LogP contribution is -2.54. The van der Waals surface area contributed by atoms with Crippen LogP contribution in [0.15, 0.2) is 35.9 Å². The molecule has 1 saturated heterocycles. The summed E-state index contributed by atoms with van der Waals surface area (Å²) in [5.74, 6) is -0.151. The normalized spacial score (nSPS) is 21.6. The summed E-state index contributed by atoms with van der Waals surface area (Å²) in [6.45, 7) is 5.38. The summed E-state index contributed by atoms with van der Waals surface area (Å²) in [6, 6.07) is 7.78. The molecule has 0 radical (unpaired) electrons. The fourth-order valence-corrected chi connectivity index (χ4v) is 2.09. The van der Waals surface area contributed by atoms with Crippen LogP contribution in [-0.2, 0) is 9.59 Å². The van der Waals surface area contributed by atoms with Crippen molar-refractivity contribution in [2.45, 2.75) is 26.8 Å². The van der Waals surface area contributed by atoms with Crippen LogP contribution in [-0.4, -0.2) is 17.7 Å². The second-order valence-corrected chi connectivity index (χ2v) is 4.40. The Labute approximate surface area is 101 Å². The number of allylic oxidation sites excluding steroid dienone is 1. The average molecular weight is 229 g/mol. The molecule has 0 N–H and O–H groups in total. The van der Waals surface area contributed by atoms with Gasteiger partial charge in [-0.2, -0.15) is 0 Å². The molecule has 1 aromatic rings. The Morgan fingerprint density at radius 3 is 2.65 bits per heavy atom. The molecule has 0 bridgehead atoms. The van der Waals surface area contributed by atoms with Crippen molar-refractivity contribution in [2.24, 2.45) is 0 Å². The van der Waals surface area contributed by atoms with E-state index in [-0.39, 0.29) is 17.7 Å². The summed E-state index contributed by atoms with van der Waals surface area (Å²) >= 11 is 0. The first-order chi connectivity index (χ1) is 8.00. The van der Waals surface area contributed by atoms with Crippen LogP contribution in [0.3, 0.4) is 0 Å². The molecule has 0 aromatic heterocycles. The fourth-order valence-electron chi connectivity index (χ4n) is 2.09. The minimum absolute atomic E-state index is 0.0202. The van der Waals surface area contributed by atoms with E-state index in [4.69, 9.17) is 0 Å². The Morgan fingerprint density at radius 1 is 1.41 bits per heavy atom. The summed E-state index contributed by atoms with van der Waals surface area (Å²) < 4.78 is 0. The SMILES string of the molecule is CC(=O)/C=C1\C(=O)N(c2cccc(C)c2)C1C. The Balaban J connectivity index is 2.28. The molecule has 0 aliphatic carbocycles. The van der Waals surface area contributed by atoms with E-state index in [1.165, 1.54) is 13.0 Å². The van der Waals surface area contributed by atoms with Crippen LogP contribution in [0.5, 0.6) is 0 Å². The Hall–Kier alpha value is -1.90. The van der Waals surface area contributed by atoms with E-state index in [1.807, 2.05) is 38.1 Å². The van der Waals surface area contributed by atoms with E-state index in [1.54, 1.807) is 4.90 Å². The average Bonchev–Trinajstić information content (AvgIpc) is 2.26. The molecule has 0 spiro atoms. The van der Waals surface area contributed by atoms with Gasteiger partial charge in [0.1, 0.15) is 0 Å². The van der Waals surface area contributed by atoms with E-state index < -0.39 is 0 Å². The van der Waals surface area contributed by atoms with Crippen LogP contribution in [0, 0.1) is 6.92 Å². The topological polar surface area (TPSA) is 37.4 Å². The van der Waals surface area contributed by atoms with Crippen molar-refractivity contribution < 1.29 is 9.59 Å². The maximum Gasteiger partial charge on any atom is 0.256 e. The van der Waals surface area contributed by atoms with Gasteiger partial charge in [-0.15, -0.1) is 0 Å². The first-order valence-corrected chi connectivity index (χ1v) is 5.63. The molecule has 17 heavy (non-hydrogen) atoms. The van der Waals surface area contributed by atoms with Crippen molar-refractivity contribution in [1.29, 1.82) is 0 Å². The third-order valence-electron chi connectivity index (χ3n) is 2.94. The maximum absolute atomic E-state index is 11.9. The molecular formula is C14H15NO2. The van der Waals surface area contributed by atoms with Crippen molar-refractivity contribution in [2.75, 3.05) is 4.90 Å². The number of amides is 1. The lowest BCUT2D eigenvalue weighted by Gasteiger charge is -2.40. The van der Waals surface area contributed by atoms with Gasteiger partial charge in [-0.05, 0) is 44.5 Å². The van der Waals surface area contributed by atoms with Gasteiger partial charge in [0.05, 0.1) is 6.04 Å². The van der Waals surface area contributed by atoms with E-state index >= 15 is 0 Å². The molecule has 1 amide bonds. The molecule has 3 nitrogen and oxygen atoms in total. The van der Waals surface area contributed by atoms with Crippen LogP contribution in [0.1, 0.15) is 19.4 Å². The summed E-state index contributed by atoms with van der Waals surface area (Å²) in [4.78, 5) is 24.6. The van der Waals surface area contributed by atoms with Crippen LogP contribution in [0.25, 0.3) is 0 Å². The first kappa shape index (κ1) is 11.6. The molecule has 88 valence electrons. The van der Waals surface area contributed by atoms with Gasteiger partial charge >= 0.3 is 0 Å². The molecular weight excluding hydrogens is 214 g/mol. The standard InChI is InChI=1S/C14H15NO2/c1-9-5-4-6-12(7-9)15-11(3)13(14(15)17)8-10(2)16/h4-8,11H,1-3H3/b13-8-. The highest BCUT2D eigenvalue weighted by atomic mass is 16.2. The number of hydrogen-bond donors (Lipinski definition) is 0. The summed E-state index contributed by atoms with van der Waals surface area (Å²) in [6.07, 6.45) is 1.43. The summed E-state index contributed by atoms with van der Waals surface area (Å²) in [5.41, 5.74) is 2.61. The predicted molar refractivity (Wildman–Crippen MR) is 66.9 cm³/mol. The van der Waals surface area contributed by atoms with Crippen molar-refractivity contribution >= 4 is 17.4 Å². The number of hydrogen-bond acceptors (Lipinski definition) is 2. The van der Waals surface area contributed by atoms with Gasteiger partial charge < -0.3 is 4.90 Å². The lowest BCUT2D eigenvalue weighted by molar-refractivity contribution is -0.119. The van der Waals surface area contributed by atoms with Gasteiger partial charge in [-0.25, -0.2) is 0 Å². The van der Waals surface area contributed by atoms with Crippen LogP contribution >= 0.6 is 0 Å². The molecule has 1 unspecified atom stereocenters. The van der Waals surface area contributed by atoms with Gasteiger partial charge in [0.2, 0.25) is 0 Å². The van der Waals surface area contributed by atoms with Gasteiger partial charge in [0.25, 0.3) is 5.91 Å².